The Morgan fingerprint density at radius 2 is 1.68 bits per heavy atom. The number of thiocarbonyl (C=S) groups is 1. The van der Waals surface area contributed by atoms with Crippen LogP contribution in [0.3, 0.4) is 0 Å². The molecule has 124 valence electrons. The number of nitrogens with one attached hydrogen (secondary N) is 2. The third-order valence-corrected chi connectivity index (χ3v) is 4.31. The Morgan fingerprint density at radius 3 is 2.27 bits per heavy atom. The van der Waals surface area contributed by atoms with E-state index in [9.17, 15) is 13.0 Å². The van der Waals surface area contributed by atoms with Gasteiger partial charge in [-0.25, -0.2) is 8.42 Å². The number of anilines is 1. The van der Waals surface area contributed by atoms with Crippen LogP contribution in [0.1, 0.15) is 45.4 Å². The number of hydrogen-bond acceptors (Lipinski definition) is 4. The minimum atomic E-state index is -4.40. The standard InChI is InChI=1S/C15H24N2O3S2/c1-2-3-4-5-6-7-12-16-15(21)17-13-8-10-14(11-9-13)22(18,19)20/h8-11H,2-7,12H2,1H3,(H2,16,17,21)(H,18,19,20)/p-1. The van der Waals surface area contributed by atoms with Crippen LogP contribution >= 0.6 is 12.2 Å². The van der Waals surface area contributed by atoms with Crippen molar-refractivity contribution >= 4 is 33.1 Å². The molecule has 0 atom stereocenters. The normalized spacial score (nSPS) is 11.2. The van der Waals surface area contributed by atoms with Crippen molar-refractivity contribution in [2.24, 2.45) is 0 Å². The summed E-state index contributed by atoms with van der Waals surface area (Å²) in [6.07, 6.45) is 7.33. The van der Waals surface area contributed by atoms with Gasteiger partial charge in [-0.15, -0.1) is 0 Å². The van der Waals surface area contributed by atoms with E-state index >= 15 is 0 Å². The quantitative estimate of drug-likeness (QED) is 0.407. The van der Waals surface area contributed by atoms with Crippen LogP contribution in [0, 0.1) is 0 Å². The highest BCUT2D eigenvalue weighted by Crippen LogP contribution is 2.13. The molecular formula is C15H23N2O3S2-. The summed E-state index contributed by atoms with van der Waals surface area (Å²) in [7, 11) is -4.40. The van der Waals surface area contributed by atoms with Crippen LogP contribution in [0.25, 0.3) is 0 Å². The predicted molar refractivity (Wildman–Crippen MR) is 92.0 cm³/mol. The van der Waals surface area contributed by atoms with Gasteiger partial charge >= 0.3 is 0 Å². The summed E-state index contributed by atoms with van der Waals surface area (Å²) < 4.78 is 32.5. The second-order valence-corrected chi connectivity index (χ2v) is 6.92. The number of benzene rings is 1. The van der Waals surface area contributed by atoms with Gasteiger partial charge in [0.1, 0.15) is 10.1 Å². The molecular weight excluding hydrogens is 320 g/mol. The fourth-order valence-corrected chi connectivity index (χ4v) is 2.68. The summed E-state index contributed by atoms with van der Waals surface area (Å²) in [6, 6.07) is 5.56. The van der Waals surface area contributed by atoms with E-state index < -0.39 is 10.1 Å². The summed E-state index contributed by atoms with van der Waals surface area (Å²) in [5, 5.41) is 6.55. The fourth-order valence-electron chi connectivity index (χ4n) is 1.99. The Hall–Kier alpha value is -1.18. The second kappa shape index (κ2) is 9.76. The third kappa shape index (κ3) is 7.72. The van der Waals surface area contributed by atoms with Crippen LogP contribution in [-0.2, 0) is 10.1 Å². The topological polar surface area (TPSA) is 81.3 Å². The van der Waals surface area contributed by atoms with Crippen molar-refractivity contribution in [3.63, 3.8) is 0 Å². The lowest BCUT2D eigenvalue weighted by molar-refractivity contribution is 0.463. The van der Waals surface area contributed by atoms with Crippen LogP contribution in [0.15, 0.2) is 29.2 Å². The van der Waals surface area contributed by atoms with Crippen LogP contribution in [-0.4, -0.2) is 24.6 Å². The molecule has 0 amide bonds. The molecule has 22 heavy (non-hydrogen) atoms. The zero-order valence-electron chi connectivity index (χ0n) is 12.8. The Morgan fingerprint density at radius 1 is 1.09 bits per heavy atom. The fraction of sp³-hybridized carbons (Fsp3) is 0.533. The van der Waals surface area contributed by atoms with E-state index in [2.05, 4.69) is 17.6 Å². The molecule has 0 aromatic heterocycles. The third-order valence-electron chi connectivity index (χ3n) is 3.22. The molecule has 5 nitrogen and oxygen atoms in total. The van der Waals surface area contributed by atoms with Gasteiger partial charge in [-0.05, 0) is 42.9 Å². The molecule has 0 radical (unpaired) electrons. The second-order valence-electron chi connectivity index (χ2n) is 5.13. The first-order valence-electron chi connectivity index (χ1n) is 7.54. The van der Waals surface area contributed by atoms with Crippen molar-refractivity contribution in [2.75, 3.05) is 11.9 Å². The molecule has 2 N–H and O–H groups in total. The van der Waals surface area contributed by atoms with Crippen molar-refractivity contribution in [3.05, 3.63) is 24.3 Å². The molecule has 0 saturated carbocycles. The molecule has 1 rings (SSSR count). The molecule has 7 heteroatoms. The van der Waals surface area contributed by atoms with E-state index in [-0.39, 0.29) is 4.90 Å². The summed E-state index contributed by atoms with van der Waals surface area (Å²) in [5.41, 5.74) is 0.646. The number of unbranched alkanes of at least 4 members (excludes halogenated alkanes) is 5. The van der Waals surface area contributed by atoms with Crippen LogP contribution in [0.2, 0.25) is 0 Å². The highest BCUT2D eigenvalue weighted by molar-refractivity contribution is 7.85. The molecule has 1 aromatic carbocycles. The lowest BCUT2D eigenvalue weighted by Gasteiger charge is -2.12. The summed E-state index contributed by atoms with van der Waals surface area (Å²) in [5.74, 6) is 0. The molecule has 0 aliphatic carbocycles. The lowest BCUT2D eigenvalue weighted by Crippen LogP contribution is -2.29. The van der Waals surface area contributed by atoms with E-state index in [0.717, 1.165) is 13.0 Å². The van der Waals surface area contributed by atoms with Gasteiger partial charge in [0, 0.05) is 12.2 Å². The summed E-state index contributed by atoms with van der Waals surface area (Å²) >= 11 is 5.16. The monoisotopic (exact) mass is 343 g/mol. The van der Waals surface area contributed by atoms with E-state index in [1.807, 2.05) is 0 Å². The minimum Gasteiger partial charge on any atom is -0.744 e. The van der Waals surface area contributed by atoms with Crippen molar-refractivity contribution < 1.29 is 13.0 Å². The molecule has 0 bridgehead atoms. The molecule has 0 aliphatic rings. The predicted octanol–water partition coefficient (Wildman–Crippen LogP) is 3.24. The van der Waals surface area contributed by atoms with Crippen LogP contribution < -0.4 is 10.6 Å². The summed E-state index contributed by atoms with van der Waals surface area (Å²) in [4.78, 5) is -0.246. The van der Waals surface area contributed by atoms with Crippen LogP contribution in [0.5, 0.6) is 0 Å². The van der Waals surface area contributed by atoms with Gasteiger partial charge in [0.05, 0.1) is 4.90 Å². The lowest BCUT2D eigenvalue weighted by atomic mass is 10.1. The maximum atomic E-state index is 10.8. The minimum absolute atomic E-state index is 0.246. The van der Waals surface area contributed by atoms with Gasteiger partial charge in [0.2, 0.25) is 0 Å². The zero-order valence-corrected chi connectivity index (χ0v) is 14.4. The van der Waals surface area contributed by atoms with Crippen molar-refractivity contribution in [2.45, 2.75) is 50.3 Å². The first-order valence-corrected chi connectivity index (χ1v) is 9.36. The number of hydrogen-bond donors (Lipinski definition) is 2. The van der Waals surface area contributed by atoms with E-state index in [0.29, 0.717) is 10.8 Å². The average Bonchev–Trinajstić information content (AvgIpc) is 2.46. The van der Waals surface area contributed by atoms with E-state index in [4.69, 9.17) is 12.2 Å². The first-order chi connectivity index (χ1) is 10.4. The van der Waals surface area contributed by atoms with Gasteiger partial charge < -0.3 is 15.2 Å². The Bertz CT molecular complexity index is 557. The Labute approximate surface area is 138 Å². The van der Waals surface area contributed by atoms with Crippen molar-refractivity contribution in [1.29, 1.82) is 0 Å². The maximum Gasteiger partial charge on any atom is 0.170 e. The molecule has 0 aliphatic heterocycles. The highest BCUT2D eigenvalue weighted by Gasteiger charge is 2.02. The Kier molecular flexibility index (Phi) is 8.37. The van der Waals surface area contributed by atoms with E-state index in [1.54, 1.807) is 0 Å². The Balaban J connectivity index is 2.25. The summed E-state index contributed by atoms with van der Waals surface area (Å²) in [6.45, 7) is 3.01. The van der Waals surface area contributed by atoms with Gasteiger partial charge in [0.15, 0.2) is 5.11 Å². The smallest absolute Gasteiger partial charge is 0.170 e. The van der Waals surface area contributed by atoms with Crippen molar-refractivity contribution in [3.8, 4) is 0 Å². The molecule has 0 fully saturated rings. The first kappa shape index (κ1) is 18.9. The van der Waals surface area contributed by atoms with Gasteiger partial charge in [0.25, 0.3) is 0 Å². The van der Waals surface area contributed by atoms with Gasteiger partial charge in [-0.2, -0.15) is 0 Å². The molecule has 0 heterocycles. The SMILES string of the molecule is CCCCCCCCNC(=S)Nc1ccc(S(=O)(=O)[O-])cc1. The molecule has 0 unspecified atom stereocenters. The van der Waals surface area contributed by atoms with Gasteiger partial charge in [-0.3, -0.25) is 0 Å². The zero-order chi connectivity index (χ0) is 16.4. The van der Waals surface area contributed by atoms with E-state index in [1.165, 1.54) is 56.4 Å². The van der Waals surface area contributed by atoms with Crippen LogP contribution in [0.4, 0.5) is 5.69 Å². The van der Waals surface area contributed by atoms with Crippen molar-refractivity contribution in [1.82, 2.24) is 5.32 Å². The molecule has 1 aromatic rings. The molecule has 0 saturated heterocycles. The number of rotatable bonds is 9. The largest absolute Gasteiger partial charge is 0.744 e. The maximum absolute atomic E-state index is 10.8. The average molecular weight is 343 g/mol. The van der Waals surface area contributed by atoms with Gasteiger partial charge in [-0.1, -0.05) is 39.0 Å². The molecule has 0 spiro atoms. The highest BCUT2D eigenvalue weighted by atomic mass is 32.2.